The first-order valence-electron chi connectivity index (χ1n) is 8.50. The van der Waals surface area contributed by atoms with Crippen molar-refractivity contribution >= 4 is 12.0 Å². The molecular formula is C18H22N4O3. The topological polar surface area (TPSA) is 87.3 Å². The van der Waals surface area contributed by atoms with Crippen LogP contribution in [0.5, 0.6) is 0 Å². The van der Waals surface area contributed by atoms with E-state index in [0.29, 0.717) is 31.0 Å². The van der Waals surface area contributed by atoms with Crippen LogP contribution in [0, 0.1) is 0 Å². The van der Waals surface area contributed by atoms with Crippen LogP contribution in [-0.2, 0) is 4.74 Å². The smallest absolute Gasteiger partial charge is 0.407 e. The van der Waals surface area contributed by atoms with Crippen LogP contribution in [0.3, 0.4) is 0 Å². The van der Waals surface area contributed by atoms with Gasteiger partial charge in [0, 0.05) is 24.7 Å². The second kappa shape index (κ2) is 7.83. The molecule has 0 spiro atoms. The molecule has 1 aliphatic rings. The third kappa shape index (κ3) is 3.99. The number of H-pyrrole nitrogens is 1. The van der Waals surface area contributed by atoms with Gasteiger partial charge in [-0.2, -0.15) is 5.10 Å². The molecule has 1 fully saturated rings. The lowest BCUT2D eigenvalue weighted by Gasteiger charge is -2.32. The van der Waals surface area contributed by atoms with E-state index in [0.717, 1.165) is 18.4 Å². The van der Waals surface area contributed by atoms with Crippen molar-refractivity contribution in [2.75, 3.05) is 19.7 Å². The van der Waals surface area contributed by atoms with E-state index in [-0.39, 0.29) is 11.9 Å². The summed E-state index contributed by atoms with van der Waals surface area (Å²) in [4.78, 5) is 26.3. The maximum atomic E-state index is 12.9. The molecule has 0 unspecified atom stereocenters. The molecule has 2 heterocycles. The molecule has 1 aromatic heterocycles. The van der Waals surface area contributed by atoms with Crippen molar-refractivity contribution in [2.24, 2.45) is 0 Å². The van der Waals surface area contributed by atoms with Gasteiger partial charge in [-0.25, -0.2) is 4.79 Å². The van der Waals surface area contributed by atoms with Crippen molar-refractivity contribution in [1.82, 2.24) is 20.4 Å². The lowest BCUT2D eigenvalue weighted by molar-refractivity contribution is 0.0687. The van der Waals surface area contributed by atoms with Crippen LogP contribution in [0.25, 0.3) is 11.3 Å². The zero-order valence-corrected chi connectivity index (χ0v) is 14.2. The quantitative estimate of drug-likeness (QED) is 0.893. The van der Waals surface area contributed by atoms with Crippen molar-refractivity contribution in [3.05, 3.63) is 42.1 Å². The van der Waals surface area contributed by atoms with Crippen LogP contribution in [0.4, 0.5) is 4.79 Å². The zero-order chi connectivity index (χ0) is 17.6. The van der Waals surface area contributed by atoms with E-state index in [4.69, 9.17) is 4.74 Å². The summed E-state index contributed by atoms with van der Waals surface area (Å²) in [5.41, 5.74) is 2.18. The number of amides is 2. The Morgan fingerprint density at radius 3 is 2.92 bits per heavy atom. The fourth-order valence-electron chi connectivity index (χ4n) is 3.06. The number of carbonyl (C=O) groups is 2. The van der Waals surface area contributed by atoms with Crippen LogP contribution in [-0.4, -0.2) is 52.8 Å². The summed E-state index contributed by atoms with van der Waals surface area (Å²) in [6, 6.07) is 9.55. The third-order valence-corrected chi connectivity index (χ3v) is 4.24. The maximum Gasteiger partial charge on any atom is 0.407 e. The summed E-state index contributed by atoms with van der Waals surface area (Å²) in [7, 11) is 0. The highest BCUT2D eigenvalue weighted by Crippen LogP contribution is 2.23. The largest absolute Gasteiger partial charge is 0.450 e. The molecule has 1 aromatic carbocycles. The summed E-state index contributed by atoms with van der Waals surface area (Å²) < 4.78 is 4.92. The molecule has 0 radical (unpaired) electrons. The SMILES string of the molecule is CCOC(=O)N[C@@H]1CCCN(C(=O)c2cn[nH]c2-c2ccccc2)C1. The number of nitrogens with one attached hydrogen (secondary N) is 2. The van der Waals surface area contributed by atoms with Crippen LogP contribution in [0.2, 0.25) is 0 Å². The van der Waals surface area contributed by atoms with Crippen LogP contribution < -0.4 is 5.32 Å². The number of aromatic nitrogens is 2. The molecule has 0 bridgehead atoms. The summed E-state index contributed by atoms with van der Waals surface area (Å²) in [6.45, 7) is 3.23. The minimum absolute atomic E-state index is 0.0806. The highest BCUT2D eigenvalue weighted by molar-refractivity contribution is 5.99. The minimum atomic E-state index is -0.435. The van der Waals surface area contributed by atoms with Crippen molar-refractivity contribution in [3.8, 4) is 11.3 Å². The molecule has 2 amide bonds. The first-order valence-corrected chi connectivity index (χ1v) is 8.50. The highest BCUT2D eigenvalue weighted by Gasteiger charge is 2.28. The van der Waals surface area contributed by atoms with Gasteiger partial charge in [-0.1, -0.05) is 30.3 Å². The molecule has 1 aliphatic heterocycles. The number of piperidine rings is 1. The standard InChI is InChI=1S/C18H22N4O3/c1-2-25-18(24)20-14-9-6-10-22(12-14)17(23)15-11-19-21-16(15)13-7-4-3-5-8-13/h3-5,7-8,11,14H,2,6,9-10,12H2,1H3,(H,19,21)(H,20,24)/t14-/m1/s1. The van der Waals surface area contributed by atoms with E-state index in [1.54, 1.807) is 18.0 Å². The Morgan fingerprint density at radius 2 is 2.16 bits per heavy atom. The van der Waals surface area contributed by atoms with Gasteiger partial charge in [0.2, 0.25) is 0 Å². The van der Waals surface area contributed by atoms with E-state index in [9.17, 15) is 9.59 Å². The molecule has 7 heteroatoms. The van der Waals surface area contributed by atoms with Crippen molar-refractivity contribution < 1.29 is 14.3 Å². The number of aromatic amines is 1. The maximum absolute atomic E-state index is 12.9. The van der Waals surface area contributed by atoms with Gasteiger partial charge < -0.3 is 15.0 Å². The summed E-state index contributed by atoms with van der Waals surface area (Å²) in [5.74, 6) is -0.0806. The molecule has 1 atom stereocenters. The zero-order valence-electron chi connectivity index (χ0n) is 14.2. The van der Waals surface area contributed by atoms with Crippen molar-refractivity contribution in [2.45, 2.75) is 25.8 Å². The first kappa shape index (κ1) is 17.0. The Kier molecular flexibility index (Phi) is 5.33. The number of hydrogen-bond acceptors (Lipinski definition) is 4. The number of rotatable bonds is 4. The van der Waals surface area contributed by atoms with E-state index in [1.807, 2.05) is 30.3 Å². The van der Waals surface area contributed by atoms with Gasteiger partial charge >= 0.3 is 6.09 Å². The van der Waals surface area contributed by atoms with Gasteiger partial charge in [-0.3, -0.25) is 9.89 Å². The fraction of sp³-hybridized carbons (Fsp3) is 0.389. The van der Waals surface area contributed by atoms with Crippen LogP contribution >= 0.6 is 0 Å². The molecule has 2 aromatic rings. The Hall–Kier alpha value is -2.83. The van der Waals surface area contributed by atoms with E-state index < -0.39 is 6.09 Å². The molecule has 0 saturated carbocycles. The van der Waals surface area contributed by atoms with Gasteiger partial charge in [0.1, 0.15) is 0 Å². The van der Waals surface area contributed by atoms with Gasteiger partial charge in [0.05, 0.1) is 24.1 Å². The Bertz CT molecular complexity index is 729. The lowest BCUT2D eigenvalue weighted by Crippen LogP contribution is -2.49. The molecule has 1 saturated heterocycles. The molecule has 3 rings (SSSR count). The predicted octanol–water partition coefficient (Wildman–Crippen LogP) is 2.43. The van der Waals surface area contributed by atoms with E-state index >= 15 is 0 Å². The number of benzene rings is 1. The van der Waals surface area contributed by atoms with Crippen LogP contribution in [0.1, 0.15) is 30.1 Å². The van der Waals surface area contributed by atoms with E-state index in [2.05, 4.69) is 15.5 Å². The second-order valence-electron chi connectivity index (χ2n) is 5.98. The predicted molar refractivity (Wildman–Crippen MR) is 93.1 cm³/mol. The number of carbonyl (C=O) groups excluding carboxylic acids is 2. The second-order valence-corrected chi connectivity index (χ2v) is 5.98. The van der Waals surface area contributed by atoms with Gasteiger partial charge in [0.25, 0.3) is 5.91 Å². The molecule has 0 aliphatic carbocycles. The Labute approximate surface area is 146 Å². The van der Waals surface area contributed by atoms with E-state index in [1.165, 1.54) is 0 Å². The molecule has 7 nitrogen and oxygen atoms in total. The summed E-state index contributed by atoms with van der Waals surface area (Å²) >= 11 is 0. The minimum Gasteiger partial charge on any atom is -0.450 e. The van der Waals surface area contributed by atoms with Gasteiger partial charge in [0.15, 0.2) is 0 Å². The number of hydrogen-bond donors (Lipinski definition) is 2. The normalized spacial score (nSPS) is 17.2. The molecular weight excluding hydrogens is 320 g/mol. The summed E-state index contributed by atoms with van der Waals surface area (Å²) in [5, 5.41) is 9.78. The number of alkyl carbamates (subject to hydrolysis) is 1. The van der Waals surface area contributed by atoms with Crippen molar-refractivity contribution in [3.63, 3.8) is 0 Å². The van der Waals surface area contributed by atoms with Crippen LogP contribution in [0.15, 0.2) is 36.5 Å². The average molecular weight is 342 g/mol. The number of nitrogens with zero attached hydrogens (tertiary/aromatic N) is 2. The highest BCUT2D eigenvalue weighted by atomic mass is 16.5. The number of likely N-dealkylation sites (tertiary alicyclic amines) is 1. The van der Waals surface area contributed by atoms with Gasteiger partial charge in [-0.05, 0) is 19.8 Å². The molecule has 25 heavy (non-hydrogen) atoms. The average Bonchev–Trinajstić information content (AvgIpc) is 3.12. The molecule has 2 N–H and O–H groups in total. The fourth-order valence-corrected chi connectivity index (χ4v) is 3.06. The van der Waals surface area contributed by atoms with Crippen molar-refractivity contribution in [1.29, 1.82) is 0 Å². The van der Waals surface area contributed by atoms with Gasteiger partial charge in [-0.15, -0.1) is 0 Å². The lowest BCUT2D eigenvalue weighted by atomic mass is 10.0. The number of ether oxygens (including phenoxy) is 1. The molecule has 132 valence electrons. The first-order chi connectivity index (χ1) is 12.2. The third-order valence-electron chi connectivity index (χ3n) is 4.24. The monoisotopic (exact) mass is 342 g/mol. The summed E-state index contributed by atoms with van der Waals surface area (Å²) in [6.07, 6.45) is 2.79. The Morgan fingerprint density at radius 1 is 1.36 bits per heavy atom. The Balaban J connectivity index is 1.71.